The monoisotopic (exact) mass is 427 g/mol. The normalized spacial score (nSPS) is 15.5. The van der Waals surface area contributed by atoms with Crippen molar-refractivity contribution in [2.45, 2.75) is 32.7 Å². The van der Waals surface area contributed by atoms with Crippen molar-refractivity contribution in [2.75, 3.05) is 26.2 Å². The maximum Gasteiger partial charge on any atom is 0.257 e. The molecule has 6 nitrogen and oxygen atoms in total. The van der Waals surface area contributed by atoms with E-state index in [4.69, 9.17) is 4.98 Å². The number of piperazine rings is 1. The van der Waals surface area contributed by atoms with E-state index in [1.165, 1.54) is 16.9 Å². The van der Waals surface area contributed by atoms with Gasteiger partial charge in [0, 0.05) is 49.7 Å². The van der Waals surface area contributed by atoms with E-state index in [0.717, 1.165) is 30.3 Å². The van der Waals surface area contributed by atoms with Crippen LogP contribution in [0.4, 0.5) is 4.39 Å². The lowest BCUT2D eigenvalue weighted by atomic mass is 9.98. The van der Waals surface area contributed by atoms with E-state index in [9.17, 15) is 9.18 Å². The number of benzene rings is 1. The van der Waals surface area contributed by atoms with Gasteiger partial charge >= 0.3 is 0 Å². The first-order valence-electron chi connectivity index (χ1n) is 10.1. The Morgan fingerprint density at radius 1 is 1.17 bits per heavy atom. The highest BCUT2D eigenvalue weighted by molar-refractivity contribution is 7.09. The van der Waals surface area contributed by atoms with E-state index in [1.54, 1.807) is 35.7 Å². The van der Waals surface area contributed by atoms with Gasteiger partial charge in [-0.05, 0) is 12.1 Å². The molecule has 0 spiro atoms. The van der Waals surface area contributed by atoms with Crippen molar-refractivity contribution >= 4 is 17.2 Å². The highest BCUT2D eigenvalue weighted by atomic mass is 32.1. The number of thiazole rings is 1. The quantitative estimate of drug-likeness (QED) is 0.637. The molecular weight excluding hydrogens is 401 g/mol. The number of rotatable bonds is 4. The molecule has 1 amide bonds. The van der Waals surface area contributed by atoms with E-state index < -0.39 is 0 Å². The molecule has 0 radical (unpaired) electrons. The molecule has 0 aliphatic carbocycles. The molecule has 1 aromatic carbocycles. The number of halogens is 1. The molecule has 0 unspecified atom stereocenters. The van der Waals surface area contributed by atoms with E-state index in [-0.39, 0.29) is 17.1 Å². The average molecular weight is 428 g/mol. The van der Waals surface area contributed by atoms with Crippen LogP contribution in [-0.4, -0.2) is 56.7 Å². The third kappa shape index (κ3) is 4.44. The summed E-state index contributed by atoms with van der Waals surface area (Å²) < 4.78 is 15.4. The highest BCUT2D eigenvalue weighted by Crippen LogP contribution is 2.26. The Hall–Kier alpha value is -2.58. The number of hydrogen-bond donors (Lipinski definition) is 0. The predicted octanol–water partition coefficient (Wildman–Crippen LogP) is 3.72. The zero-order chi connectivity index (χ0) is 21.3. The van der Waals surface area contributed by atoms with Gasteiger partial charge in [-0.1, -0.05) is 32.9 Å². The van der Waals surface area contributed by atoms with Crippen LogP contribution in [0.3, 0.4) is 0 Å². The van der Waals surface area contributed by atoms with Gasteiger partial charge in [0.1, 0.15) is 11.5 Å². The number of amides is 1. The maximum absolute atomic E-state index is 14.0. The fourth-order valence-corrected chi connectivity index (χ4v) is 4.35. The van der Waals surface area contributed by atoms with Crippen molar-refractivity contribution in [2.24, 2.45) is 0 Å². The molecule has 0 saturated carbocycles. The standard InChI is InChI=1S/C22H26FN5OS/c1-22(2,3)21-25-17(15-30-21)14-26-8-10-27(11-9-26)20(29)16-12-24-28(13-16)19-7-5-4-6-18(19)23/h4-7,12-13,15H,8-11,14H2,1-3H3. The third-order valence-corrected chi connectivity index (χ3v) is 6.48. The molecule has 3 aromatic rings. The number of nitrogens with zero attached hydrogens (tertiary/aromatic N) is 5. The highest BCUT2D eigenvalue weighted by Gasteiger charge is 2.25. The molecule has 4 rings (SSSR count). The Kier molecular flexibility index (Phi) is 5.71. The summed E-state index contributed by atoms with van der Waals surface area (Å²) >= 11 is 1.71. The van der Waals surface area contributed by atoms with Crippen molar-refractivity contribution in [3.63, 3.8) is 0 Å². The summed E-state index contributed by atoms with van der Waals surface area (Å²) in [6.07, 6.45) is 3.10. The van der Waals surface area contributed by atoms with Crippen LogP contribution in [0.5, 0.6) is 0 Å². The van der Waals surface area contributed by atoms with Crippen molar-refractivity contribution < 1.29 is 9.18 Å². The Morgan fingerprint density at radius 2 is 1.90 bits per heavy atom. The largest absolute Gasteiger partial charge is 0.336 e. The maximum atomic E-state index is 14.0. The Morgan fingerprint density at radius 3 is 2.57 bits per heavy atom. The molecule has 1 aliphatic heterocycles. The van der Waals surface area contributed by atoms with Crippen LogP contribution in [0.15, 0.2) is 42.0 Å². The fraction of sp³-hybridized carbons (Fsp3) is 0.409. The lowest BCUT2D eigenvalue weighted by Gasteiger charge is -2.34. The van der Waals surface area contributed by atoms with Crippen LogP contribution in [0.25, 0.3) is 5.69 Å². The van der Waals surface area contributed by atoms with Gasteiger partial charge in [-0.15, -0.1) is 11.3 Å². The topological polar surface area (TPSA) is 54.3 Å². The van der Waals surface area contributed by atoms with Crippen molar-refractivity contribution in [3.8, 4) is 5.69 Å². The van der Waals surface area contributed by atoms with Crippen molar-refractivity contribution in [1.29, 1.82) is 0 Å². The molecule has 1 saturated heterocycles. The van der Waals surface area contributed by atoms with Gasteiger partial charge in [-0.3, -0.25) is 9.69 Å². The first-order valence-corrected chi connectivity index (χ1v) is 11.0. The first kappa shape index (κ1) is 20.7. The second-order valence-corrected chi connectivity index (χ2v) is 9.45. The van der Waals surface area contributed by atoms with Gasteiger partial charge < -0.3 is 4.90 Å². The number of aromatic nitrogens is 3. The summed E-state index contributed by atoms with van der Waals surface area (Å²) in [6.45, 7) is 10.2. The molecule has 0 N–H and O–H groups in total. The third-order valence-electron chi connectivity index (χ3n) is 5.17. The van der Waals surface area contributed by atoms with Crippen LogP contribution < -0.4 is 0 Å². The van der Waals surface area contributed by atoms with Gasteiger partial charge in [0.25, 0.3) is 5.91 Å². The van der Waals surface area contributed by atoms with Crippen LogP contribution in [-0.2, 0) is 12.0 Å². The number of carbonyl (C=O) groups is 1. The van der Waals surface area contributed by atoms with Crippen LogP contribution in [0.1, 0.15) is 41.8 Å². The summed E-state index contributed by atoms with van der Waals surface area (Å²) in [6, 6.07) is 6.39. The van der Waals surface area contributed by atoms with Crippen LogP contribution in [0, 0.1) is 5.82 Å². The molecular formula is C22H26FN5OS. The lowest BCUT2D eigenvalue weighted by Crippen LogP contribution is -2.48. The second kappa shape index (κ2) is 8.28. The van der Waals surface area contributed by atoms with Crippen molar-refractivity contribution in [3.05, 3.63) is 64.1 Å². The van der Waals surface area contributed by atoms with E-state index in [1.807, 2.05) is 4.90 Å². The molecule has 30 heavy (non-hydrogen) atoms. The van der Waals surface area contributed by atoms with Gasteiger partial charge in [0.05, 0.1) is 22.5 Å². The van der Waals surface area contributed by atoms with Crippen molar-refractivity contribution in [1.82, 2.24) is 24.6 Å². The molecule has 8 heteroatoms. The Balaban J connectivity index is 1.35. The second-order valence-electron chi connectivity index (χ2n) is 8.59. The summed E-state index contributed by atoms with van der Waals surface area (Å²) in [5.41, 5.74) is 1.97. The molecule has 158 valence electrons. The van der Waals surface area contributed by atoms with Gasteiger partial charge in [0.2, 0.25) is 0 Å². The van der Waals surface area contributed by atoms with Gasteiger partial charge in [-0.25, -0.2) is 14.1 Å². The van der Waals surface area contributed by atoms with E-state index >= 15 is 0 Å². The zero-order valence-electron chi connectivity index (χ0n) is 17.5. The Labute approximate surface area is 180 Å². The van der Waals surface area contributed by atoms with Crippen LogP contribution >= 0.6 is 11.3 Å². The number of para-hydroxylation sites is 1. The van der Waals surface area contributed by atoms with Gasteiger partial charge in [0.15, 0.2) is 0 Å². The minimum absolute atomic E-state index is 0.0686. The predicted molar refractivity (Wildman–Crippen MR) is 116 cm³/mol. The van der Waals surface area contributed by atoms with E-state index in [2.05, 4.69) is 36.1 Å². The van der Waals surface area contributed by atoms with Crippen LogP contribution in [0.2, 0.25) is 0 Å². The Bertz CT molecular complexity index is 1030. The summed E-state index contributed by atoms with van der Waals surface area (Å²) in [7, 11) is 0. The molecule has 3 heterocycles. The van der Waals surface area contributed by atoms with Gasteiger partial charge in [-0.2, -0.15) is 5.10 Å². The number of hydrogen-bond acceptors (Lipinski definition) is 5. The summed E-state index contributed by atoms with van der Waals surface area (Å²) in [4.78, 5) is 21.8. The first-order chi connectivity index (χ1) is 14.3. The fourth-order valence-electron chi connectivity index (χ4n) is 3.45. The zero-order valence-corrected chi connectivity index (χ0v) is 18.3. The molecule has 0 bridgehead atoms. The summed E-state index contributed by atoms with van der Waals surface area (Å²) in [5.74, 6) is -0.439. The minimum Gasteiger partial charge on any atom is -0.336 e. The molecule has 1 fully saturated rings. The lowest BCUT2D eigenvalue weighted by molar-refractivity contribution is 0.0627. The molecule has 1 aliphatic rings. The average Bonchev–Trinajstić information content (AvgIpc) is 3.38. The van der Waals surface area contributed by atoms with E-state index in [0.29, 0.717) is 24.3 Å². The minimum atomic E-state index is -0.370. The SMILES string of the molecule is CC(C)(C)c1nc(CN2CCN(C(=O)c3cnn(-c4ccccc4F)c3)CC2)cs1. The molecule has 0 atom stereocenters. The molecule has 2 aromatic heterocycles. The smallest absolute Gasteiger partial charge is 0.257 e. The summed E-state index contributed by atoms with van der Waals surface area (Å²) in [5, 5.41) is 7.45. The number of carbonyl (C=O) groups excluding carboxylic acids is 1.